The minimum absolute atomic E-state index is 0.156. The van der Waals surface area contributed by atoms with Crippen molar-refractivity contribution < 1.29 is 9.18 Å². The van der Waals surface area contributed by atoms with Gasteiger partial charge in [0.15, 0.2) is 5.78 Å². The Bertz CT molecular complexity index is 422. The quantitative estimate of drug-likeness (QED) is 0.687. The summed E-state index contributed by atoms with van der Waals surface area (Å²) in [6, 6.07) is 6.59. The van der Waals surface area contributed by atoms with Gasteiger partial charge in [0.1, 0.15) is 5.82 Å². The molecule has 78 valence electrons. The molecule has 1 atom stereocenters. The van der Waals surface area contributed by atoms with Crippen LogP contribution in [-0.2, 0) is 10.2 Å². The maximum atomic E-state index is 13.1. The molecule has 0 radical (unpaired) electrons. The molecule has 1 nitrogen and oxygen atoms in total. The highest BCUT2D eigenvalue weighted by molar-refractivity contribution is 5.91. The van der Waals surface area contributed by atoms with Gasteiger partial charge in [0.05, 0.1) is 0 Å². The summed E-state index contributed by atoms with van der Waals surface area (Å²) in [5.74, 6) is -0.0668. The fourth-order valence-corrected chi connectivity index (χ4v) is 1.91. The van der Waals surface area contributed by atoms with Gasteiger partial charge in [-0.25, -0.2) is 4.39 Å². The van der Waals surface area contributed by atoms with E-state index in [9.17, 15) is 9.18 Å². The third-order valence-corrected chi connectivity index (χ3v) is 3.01. The molecular formula is C13H13FO. The lowest BCUT2D eigenvalue weighted by Gasteiger charge is -2.28. The first kappa shape index (κ1) is 10.1. The van der Waals surface area contributed by atoms with Crippen LogP contribution >= 0.6 is 0 Å². The van der Waals surface area contributed by atoms with E-state index in [1.165, 1.54) is 6.07 Å². The maximum absolute atomic E-state index is 13.1. The summed E-state index contributed by atoms with van der Waals surface area (Å²) in [5.41, 5.74) is 0.738. The van der Waals surface area contributed by atoms with Gasteiger partial charge in [-0.2, -0.15) is 0 Å². The molecule has 1 aliphatic rings. The van der Waals surface area contributed by atoms with Crippen molar-refractivity contribution in [2.24, 2.45) is 0 Å². The van der Waals surface area contributed by atoms with Crippen molar-refractivity contribution in [3.63, 3.8) is 0 Å². The van der Waals surface area contributed by atoms with Crippen LogP contribution in [0.15, 0.2) is 36.4 Å². The second-order valence-electron chi connectivity index (χ2n) is 4.23. The fourth-order valence-electron chi connectivity index (χ4n) is 1.91. The summed E-state index contributed by atoms with van der Waals surface area (Å²) in [7, 11) is 0. The first-order valence-electron chi connectivity index (χ1n) is 5.08. The van der Waals surface area contributed by atoms with E-state index in [1.807, 2.05) is 19.1 Å². The number of carbonyl (C=O) groups excluding carboxylic acids is 1. The van der Waals surface area contributed by atoms with E-state index in [0.717, 1.165) is 12.0 Å². The molecular weight excluding hydrogens is 191 g/mol. The molecule has 0 heterocycles. The van der Waals surface area contributed by atoms with Crippen molar-refractivity contribution in [2.75, 3.05) is 0 Å². The van der Waals surface area contributed by atoms with Crippen LogP contribution in [0, 0.1) is 5.82 Å². The summed E-state index contributed by atoms with van der Waals surface area (Å²) in [6.45, 7) is 2.03. The smallest absolute Gasteiger partial charge is 0.155 e. The van der Waals surface area contributed by atoms with E-state index in [2.05, 4.69) is 0 Å². The molecule has 0 saturated carbocycles. The van der Waals surface area contributed by atoms with Gasteiger partial charge in [-0.3, -0.25) is 4.79 Å². The molecule has 1 aliphatic carbocycles. The number of hydrogen-bond acceptors (Lipinski definition) is 1. The Morgan fingerprint density at radius 1 is 1.40 bits per heavy atom. The monoisotopic (exact) mass is 204 g/mol. The van der Waals surface area contributed by atoms with Gasteiger partial charge in [0.2, 0.25) is 0 Å². The normalized spacial score (nSPS) is 25.6. The van der Waals surface area contributed by atoms with Crippen LogP contribution in [0.5, 0.6) is 0 Å². The SMILES string of the molecule is CC1(c2cccc(F)c2)C=CC(=O)CC1. The number of benzene rings is 1. The first-order valence-corrected chi connectivity index (χ1v) is 5.08. The van der Waals surface area contributed by atoms with Gasteiger partial charge in [-0.15, -0.1) is 0 Å². The molecule has 0 N–H and O–H groups in total. The van der Waals surface area contributed by atoms with Crippen molar-refractivity contribution in [2.45, 2.75) is 25.2 Å². The van der Waals surface area contributed by atoms with Crippen molar-refractivity contribution in [3.05, 3.63) is 47.8 Å². The summed E-state index contributed by atoms with van der Waals surface area (Å²) in [5, 5.41) is 0. The zero-order chi connectivity index (χ0) is 10.9. The largest absolute Gasteiger partial charge is 0.295 e. The number of halogens is 1. The second kappa shape index (κ2) is 3.61. The molecule has 0 aliphatic heterocycles. The molecule has 0 bridgehead atoms. The lowest BCUT2D eigenvalue weighted by molar-refractivity contribution is -0.115. The highest BCUT2D eigenvalue weighted by Crippen LogP contribution is 2.33. The maximum Gasteiger partial charge on any atom is 0.155 e. The highest BCUT2D eigenvalue weighted by atomic mass is 19.1. The molecule has 2 heteroatoms. The van der Waals surface area contributed by atoms with Crippen molar-refractivity contribution >= 4 is 5.78 Å². The molecule has 0 spiro atoms. The van der Waals surface area contributed by atoms with E-state index >= 15 is 0 Å². The van der Waals surface area contributed by atoms with Gasteiger partial charge in [-0.1, -0.05) is 25.1 Å². The second-order valence-corrected chi connectivity index (χ2v) is 4.23. The van der Waals surface area contributed by atoms with Crippen LogP contribution in [0.3, 0.4) is 0 Å². The molecule has 1 aromatic carbocycles. The van der Waals surface area contributed by atoms with Crippen LogP contribution in [0.2, 0.25) is 0 Å². The standard InChI is InChI=1S/C13H13FO/c1-13(7-5-12(15)6-8-13)10-3-2-4-11(14)9-10/h2-5,7,9H,6,8H2,1H3. The topological polar surface area (TPSA) is 17.1 Å². The molecule has 0 saturated heterocycles. The first-order chi connectivity index (χ1) is 7.10. The molecule has 15 heavy (non-hydrogen) atoms. The van der Waals surface area contributed by atoms with Crippen molar-refractivity contribution in [1.29, 1.82) is 0 Å². The van der Waals surface area contributed by atoms with E-state index < -0.39 is 0 Å². The van der Waals surface area contributed by atoms with Crippen LogP contribution in [0.1, 0.15) is 25.3 Å². The van der Waals surface area contributed by atoms with E-state index in [0.29, 0.717) is 6.42 Å². The fraction of sp³-hybridized carbons (Fsp3) is 0.308. The Hall–Kier alpha value is -1.44. The molecule has 2 rings (SSSR count). The van der Waals surface area contributed by atoms with E-state index in [4.69, 9.17) is 0 Å². The Kier molecular flexibility index (Phi) is 2.43. The van der Waals surface area contributed by atoms with Crippen molar-refractivity contribution in [1.82, 2.24) is 0 Å². The van der Waals surface area contributed by atoms with Gasteiger partial charge in [0, 0.05) is 11.8 Å². The predicted octanol–water partition coefficient (Wildman–Crippen LogP) is 3.00. The van der Waals surface area contributed by atoms with Crippen LogP contribution in [0.25, 0.3) is 0 Å². The Morgan fingerprint density at radius 3 is 2.80 bits per heavy atom. The molecule has 0 fully saturated rings. The molecule has 1 unspecified atom stereocenters. The minimum atomic E-state index is -0.223. The van der Waals surface area contributed by atoms with Crippen LogP contribution in [-0.4, -0.2) is 5.78 Å². The zero-order valence-electron chi connectivity index (χ0n) is 8.66. The zero-order valence-corrected chi connectivity index (χ0v) is 8.66. The number of ketones is 1. The average Bonchev–Trinajstić information content (AvgIpc) is 2.23. The molecule has 1 aromatic rings. The van der Waals surface area contributed by atoms with Gasteiger partial charge in [0.25, 0.3) is 0 Å². The number of rotatable bonds is 1. The number of carbonyl (C=O) groups is 1. The number of hydrogen-bond donors (Lipinski definition) is 0. The third kappa shape index (κ3) is 1.99. The molecule has 0 amide bonds. The number of allylic oxidation sites excluding steroid dienone is 2. The van der Waals surface area contributed by atoms with Gasteiger partial charge >= 0.3 is 0 Å². The summed E-state index contributed by atoms with van der Waals surface area (Å²) in [4.78, 5) is 11.1. The van der Waals surface area contributed by atoms with Crippen LogP contribution < -0.4 is 0 Å². The summed E-state index contributed by atoms with van der Waals surface area (Å²) < 4.78 is 13.1. The lowest BCUT2D eigenvalue weighted by atomic mass is 9.75. The van der Waals surface area contributed by atoms with Crippen molar-refractivity contribution in [3.8, 4) is 0 Å². The average molecular weight is 204 g/mol. The third-order valence-electron chi connectivity index (χ3n) is 3.01. The van der Waals surface area contributed by atoms with E-state index in [1.54, 1.807) is 18.2 Å². The summed E-state index contributed by atoms with van der Waals surface area (Å²) in [6.07, 6.45) is 4.79. The Balaban J connectivity index is 2.38. The minimum Gasteiger partial charge on any atom is -0.295 e. The Labute approximate surface area is 88.6 Å². The van der Waals surface area contributed by atoms with Crippen LogP contribution in [0.4, 0.5) is 4.39 Å². The summed E-state index contributed by atoms with van der Waals surface area (Å²) >= 11 is 0. The van der Waals surface area contributed by atoms with E-state index in [-0.39, 0.29) is 17.0 Å². The highest BCUT2D eigenvalue weighted by Gasteiger charge is 2.27. The Morgan fingerprint density at radius 2 is 2.20 bits per heavy atom. The van der Waals surface area contributed by atoms with Gasteiger partial charge < -0.3 is 0 Å². The van der Waals surface area contributed by atoms with Gasteiger partial charge in [-0.05, 0) is 30.2 Å². The predicted molar refractivity (Wildman–Crippen MR) is 57.1 cm³/mol. The molecule has 0 aromatic heterocycles. The lowest BCUT2D eigenvalue weighted by Crippen LogP contribution is -2.24.